The van der Waals surface area contributed by atoms with Crippen molar-refractivity contribution in [2.24, 2.45) is 0 Å². The van der Waals surface area contributed by atoms with E-state index in [4.69, 9.17) is 4.74 Å². The van der Waals surface area contributed by atoms with Crippen LogP contribution in [0, 0.1) is 0 Å². The number of rotatable bonds is 13. The highest BCUT2D eigenvalue weighted by atomic mass is 16.5. The number of pyridine rings is 2. The molecule has 3 amide bonds. The lowest BCUT2D eigenvalue weighted by Crippen LogP contribution is -2.32. The van der Waals surface area contributed by atoms with Crippen molar-refractivity contribution in [3.63, 3.8) is 0 Å². The molecular weight excluding hydrogens is 582 g/mol. The summed E-state index contributed by atoms with van der Waals surface area (Å²) < 4.78 is 4.92. The molecule has 0 spiro atoms. The zero-order valence-electron chi connectivity index (χ0n) is 25.5. The van der Waals surface area contributed by atoms with Crippen molar-refractivity contribution in [3.05, 3.63) is 103 Å². The van der Waals surface area contributed by atoms with Gasteiger partial charge < -0.3 is 20.7 Å². The van der Waals surface area contributed by atoms with Crippen LogP contribution in [0.25, 0.3) is 21.8 Å². The summed E-state index contributed by atoms with van der Waals surface area (Å²) in [5.74, 6) is -2.70. The van der Waals surface area contributed by atoms with Gasteiger partial charge in [0, 0.05) is 41.7 Å². The standard InChI is InChI=1S/C36H35N5O5/c1-2-46-31(43)17-5-3-4-16-30(42)39-27-20-18-24(19-21-27)32(35(44)40-28-14-6-10-25-12-8-22-37-33(25)28)36(45)41-29-15-7-11-26-13-9-23-38-34(26)29/h6-15,18-23,32H,2-5,16-17H2,1H3,(H,39,42)(H,40,44)(H,41,45). The van der Waals surface area contributed by atoms with Gasteiger partial charge in [0.2, 0.25) is 17.7 Å². The van der Waals surface area contributed by atoms with Crippen LogP contribution in [0.2, 0.25) is 0 Å². The van der Waals surface area contributed by atoms with E-state index in [1.54, 1.807) is 55.7 Å². The summed E-state index contributed by atoms with van der Waals surface area (Å²) >= 11 is 0. The van der Waals surface area contributed by atoms with Gasteiger partial charge in [-0.15, -0.1) is 0 Å². The first kappa shape index (κ1) is 31.8. The van der Waals surface area contributed by atoms with Crippen LogP contribution in [-0.4, -0.2) is 40.3 Å². The van der Waals surface area contributed by atoms with E-state index < -0.39 is 17.7 Å². The number of anilines is 3. The summed E-state index contributed by atoms with van der Waals surface area (Å²) in [7, 11) is 0. The maximum absolute atomic E-state index is 13.9. The van der Waals surface area contributed by atoms with Crippen LogP contribution in [0.3, 0.4) is 0 Å². The topological polar surface area (TPSA) is 139 Å². The second-order valence-corrected chi connectivity index (χ2v) is 10.7. The second kappa shape index (κ2) is 15.4. The van der Waals surface area contributed by atoms with Gasteiger partial charge in [-0.25, -0.2) is 0 Å². The number of unbranched alkanes of at least 4 members (excludes halogenated alkanes) is 2. The SMILES string of the molecule is CCOC(=O)CCCCCC(=O)Nc1ccc(C(C(=O)Nc2cccc3cccnc23)C(=O)Nc2cccc3cccnc23)cc1. The van der Waals surface area contributed by atoms with E-state index >= 15 is 0 Å². The molecule has 10 nitrogen and oxygen atoms in total. The van der Waals surface area contributed by atoms with Crippen LogP contribution < -0.4 is 16.0 Å². The third kappa shape index (κ3) is 8.09. The molecule has 0 aliphatic heterocycles. The van der Waals surface area contributed by atoms with E-state index in [1.165, 1.54) is 0 Å². The Labute approximate surface area is 266 Å². The van der Waals surface area contributed by atoms with E-state index in [0.717, 1.165) is 17.2 Å². The third-order valence-electron chi connectivity index (χ3n) is 7.42. The fourth-order valence-electron chi connectivity index (χ4n) is 5.19. The molecule has 5 rings (SSSR count). The Bertz CT molecular complexity index is 1750. The first-order chi connectivity index (χ1) is 22.4. The van der Waals surface area contributed by atoms with Gasteiger partial charge in [0.25, 0.3) is 0 Å². The number of hydrogen-bond donors (Lipinski definition) is 3. The van der Waals surface area contributed by atoms with Crippen LogP contribution in [0.4, 0.5) is 17.1 Å². The molecule has 0 unspecified atom stereocenters. The Balaban J connectivity index is 1.31. The number of para-hydroxylation sites is 2. The van der Waals surface area contributed by atoms with Gasteiger partial charge in [0.05, 0.1) is 29.0 Å². The molecular formula is C36H35N5O5. The van der Waals surface area contributed by atoms with Crippen LogP contribution in [0.15, 0.2) is 97.3 Å². The van der Waals surface area contributed by atoms with Crippen molar-refractivity contribution in [2.45, 2.75) is 44.9 Å². The molecule has 0 bridgehead atoms. The highest BCUT2D eigenvalue weighted by molar-refractivity contribution is 6.17. The van der Waals surface area contributed by atoms with E-state index in [2.05, 4.69) is 25.9 Å². The van der Waals surface area contributed by atoms with Crippen molar-refractivity contribution in [1.82, 2.24) is 9.97 Å². The Kier molecular flexibility index (Phi) is 10.6. The molecule has 234 valence electrons. The molecule has 0 aliphatic carbocycles. The van der Waals surface area contributed by atoms with E-state index in [-0.39, 0.29) is 11.9 Å². The minimum absolute atomic E-state index is 0.164. The van der Waals surface area contributed by atoms with Gasteiger partial charge in [-0.1, -0.05) is 55.0 Å². The molecule has 5 aromatic rings. The number of benzene rings is 3. The Hall–Kier alpha value is -5.64. The zero-order chi connectivity index (χ0) is 32.3. The molecule has 10 heteroatoms. The Morgan fingerprint density at radius 3 is 1.76 bits per heavy atom. The molecule has 46 heavy (non-hydrogen) atoms. The molecule has 3 N–H and O–H groups in total. The molecule has 0 saturated carbocycles. The van der Waals surface area contributed by atoms with Crippen LogP contribution in [-0.2, 0) is 23.9 Å². The minimum Gasteiger partial charge on any atom is -0.466 e. The average molecular weight is 618 g/mol. The number of fused-ring (bicyclic) bond motifs is 2. The maximum atomic E-state index is 13.9. The molecule has 2 heterocycles. The number of amides is 3. The van der Waals surface area contributed by atoms with Gasteiger partial charge in [-0.3, -0.25) is 29.1 Å². The van der Waals surface area contributed by atoms with E-state index in [9.17, 15) is 19.2 Å². The van der Waals surface area contributed by atoms with E-state index in [0.29, 0.717) is 65.9 Å². The predicted octanol–water partition coefficient (Wildman–Crippen LogP) is 6.60. The van der Waals surface area contributed by atoms with Gasteiger partial charge >= 0.3 is 5.97 Å². The first-order valence-electron chi connectivity index (χ1n) is 15.3. The van der Waals surface area contributed by atoms with Crippen molar-refractivity contribution in [2.75, 3.05) is 22.6 Å². The smallest absolute Gasteiger partial charge is 0.305 e. The van der Waals surface area contributed by atoms with Crippen molar-refractivity contribution >= 4 is 62.6 Å². The predicted molar refractivity (Wildman–Crippen MR) is 178 cm³/mol. The molecule has 0 saturated heterocycles. The van der Waals surface area contributed by atoms with Crippen molar-refractivity contribution in [3.8, 4) is 0 Å². The molecule has 0 radical (unpaired) electrons. The molecule has 0 atom stereocenters. The average Bonchev–Trinajstić information content (AvgIpc) is 3.06. The van der Waals surface area contributed by atoms with Crippen LogP contribution in [0.5, 0.6) is 0 Å². The largest absolute Gasteiger partial charge is 0.466 e. The van der Waals surface area contributed by atoms with Crippen molar-refractivity contribution in [1.29, 1.82) is 0 Å². The van der Waals surface area contributed by atoms with Gasteiger partial charge in [0.15, 0.2) is 0 Å². The second-order valence-electron chi connectivity index (χ2n) is 10.7. The zero-order valence-corrected chi connectivity index (χ0v) is 25.5. The fraction of sp³-hybridized carbons (Fsp3) is 0.222. The number of carbonyl (C=O) groups excluding carboxylic acids is 4. The molecule has 2 aromatic heterocycles. The lowest BCUT2D eigenvalue weighted by atomic mass is 9.96. The van der Waals surface area contributed by atoms with E-state index in [1.807, 2.05) is 48.5 Å². The number of aromatic nitrogens is 2. The summed E-state index contributed by atoms with van der Waals surface area (Å²) in [6, 6.07) is 25.0. The number of nitrogens with one attached hydrogen (secondary N) is 3. The highest BCUT2D eigenvalue weighted by Crippen LogP contribution is 2.27. The van der Waals surface area contributed by atoms with Gasteiger partial charge in [-0.2, -0.15) is 0 Å². The van der Waals surface area contributed by atoms with Gasteiger partial charge in [-0.05, 0) is 61.7 Å². The van der Waals surface area contributed by atoms with Crippen LogP contribution in [0.1, 0.15) is 50.5 Å². The Morgan fingerprint density at radius 2 is 1.20 bits per heavy atom. The minimum atomic E-state index is -1.23. The third-order valence-corrected chi connectivity index (χ3v) is 7.42. The van der Waals surface area contributed by atoms with Crippen LogP contribution >= 0.6 is 0 Å². The summed E-state index contributed by atoms with van der Waals surface area (Å²) in [6.07, 6.45) is 5.96. The number of nitrogens with zero attached hydrogens (tertiary/aromatic N) is 2. The quantitative estimate of drug-likeness (QED) is 0.0769. The summed E-state index contributed by atoms with van der Waals surface area (Å²) in [6.45, 7) is 2.13. The molecule has 3 aromatic carbocycles. The summed E-state index contributed by atoms with van der Waals surface area (Å²) in [5.41, 5.74) is 3.16. The highest BCUT2D eigenvalue weighted by Gasteiger charge is 2.30. The van der Waals surface area contributed by atoms with Gasteiger partial charge in [0.1, 0.15) is 5.92 Å². The molecule has 0 fully saturated rings. The first-order valence-corrected chi connectivity index (χ1v) is 15.3. The summed E-state index contributed by atoms with van der Waals surface area (Å²) in [4.78, 5) is 60.5. The number of carbonyl (C=O) groups is 4. The lowest BCUT2D eigenvalue weighted by molar-refractivity contribution is -0.143. The normalized spacial score (nSPS) is 10.9. The maximum Gasteiger partial charge on any atom is 0.305 e. The van der Waals surface area contributed by atoms with Crippen molar-refractivity contribution < 1.29 is 23.9 Å². The number of ether oxygens (including phenoxy) is 1. The fourth-order valence-corrected chi connectivity index (χ4v) is 5.19. The molecule has 0 aliphatic rings. The monoisotopic (exact) mass is 617 g/mol. The lowest BCUT2D eigenvalue weighted by Gasteiger charge is -2.19. The Morgan fingerprint density at radius 1 is 0.652 bits per heavy atom. The number of esters is 1. The summed E-state index contributed by atoms with van der Waals surface area (Å²) in [5, 5.41) is 10.4. The number of hydrogen-bond acceptors (Lipinski definition) is 7.